The minimum atomic E-state index is -0.191. The number of aryl methyl sites for hydroxylation is 2. The first-order valence-electron chi connectivity index (χ1n) is 10.2. The number of likely N-dealkylation sites (N-methyl/N-ethyl adjacent to an activating group) is 1. The molecule has 0 radical (unpaired) electrons. The Bertz CT molecular complexity index is 1050. The first-order chi connectivity index (χ1) is 15.0. The van der Waals surface area contributed by atoms with Crippen molar-refractivity contribution >= 4 is 17.7 Å². The van der Waals surface area contributed by atoms with E-state index in [0.29, 0.717) is 30.5 Å². The van der Waals surface area contributed by atoms with E-state index >= 15 is 0 Å². The summed E-state index contributed by atoms with van der Waals surface area (Å²) in [7, 11) is 0. The molecule has 1 aliphatic rings. The molecular weight excluding hydrogens is 414 g/mol. The van der Waals surface area contributed by atoms with Gasteiger partial charge in [0.1, 0.15) is 11.6 Å². The number of aromatic nitrogens is 4. The maximum atomic E-state index is 12.7. The maximum Gasteiger partial charge on any atom is 0.233 e. The number of hydrogen-bond acceptors (Lipinski definition) is 7. The van der Waals surface area contributed by atoms with E-state index in [2.05, 4.69) is 15.3 Å². The highest BCUT2D eigenvalue weighted by molar-refractivity contribution is 7.99. The third-order valence-electron chi connectivity index (χ3n) is 4.92. The molecule has 2 aromatic heterocycles. The fraction of sp³-hybridized carbons (Fsp3) is 0.364. The van der Waals surface area contributed by atoms with E-state index in [1.165, 1.54) is 11.8 Å². The van der Waals surface area contributed by atoms with E-state index in [-0.39, 0.29) is 17.8 Å². The van der Waals surface area contributed by atoms with Crippen LogP contribution in [-0.2, 0) is 4.79 Å². The normalized spacial score (nSPS) is 15.0. The highest BCUT2D eigenvalue weighted by atomic mass is 32.2. The van der Waals surface area contributed by atoms with Gasteiger partial charge in [-0.15, -0.1) is 10.2 Å². The lowest BCUT2D eigenvalue weighted by Gasteiger charge is -2.30. The van der Waals surface area contributed by atoms with Crippen molar-refractivity contribution in [3.05, 3.63) is 53.9 Å². The molecule has 0 aliphatic carbocycles. The predicted octanol–water partition coefficient (Wildman–Crippen LogP) is 3.06. The zero-order valence-electron chi connectivity index (χ0n) is 17.8. The number of benzene rings is 1. The van der Waals surface area contributed by atoms with Crippen molar-refractivity contribution in [3.63, 3.8) is 0 Å². The second kappa shape index (κ2) is 9.38. The van der Waals surface area contributed by atoms with Gasteiger partial charge in [0.05, 0.1) is 18.0 Å². The van der Waals surface area contributed by atoms with E-state index in [1.54, 1.807) is 9.58 Å². The number of nitrogens with zero attached hydrogens (tertiary/aromatic N) is 5. The molecule has 9 heteroatoms. The highest BCUT2D eigenvalue weighted by Crippen LogP contribution is 2.31. The Morgan fingerprint density at radius 3 is 2.68 bits per heavy atom. The molecule has 1 amide bonds. The zero-order valence-corrected chi connectivity index (χ0v) is 18.6. The Morgan fingerprint density at radius 1 is 1.19 bits per heavy atom. The molecule has 4 rings (SSSR count). The van der Waals surface area contributed by atoms with E-state index in [0.717, 1.165) is 22.9 Å². The number of thioether (sulfide) groups is 1. The SMILES string of the molecule is CCN(CC1COc2ccccc2O1)C(=O)CSc1ccc(-n2nc(C)cc2C)nn1. The van der Waals surface area contributed by atoms with Gasteiger partial charge in [-0.2, -0.15) is 5.10 Å². The minimum absolute atomic E-state index is 0.0272. The Balaban J connectivity index is 1.31. The average Bonchev–Trinajstić information content (AvgIpc) is 3.13. The van der Waals surface area contributed by atoms with E-state index in [1.807, 2.05) is 63.2 Å². The fourth-order valence-electron chi connectivity index (χ4n) is 3.40. The Labute approximate surface area is 185 Å². The second-order valence-electron chi connectivity index (χ2n) is 7.29. The zero-order chi connectivity index (χ0) is 21.8. The Hall–Kier alpha value is -3.07. The Kier molecular flexibility index (Phi) is 6.41. The number of rotatable bonds is 7. The Morgan fingerprint density at radius 2 is 2.00 bits per heavy atom. The summed E-state index contributed by atoms with van der Waals surface area (Å²) >= 11 is 1.37. The van der Waals surface area contributed by atoms with Crippen LogP contribution in [0.5, 0.6) is 11.5 Å². The summed E-state index contributed by atoms with van der Waals surface area (Å²) < 4.78 is 13.5. The quantitative estimate of drug-likeness (QED) is 0.523. The molecule has 0 bridgehead atoms. The number of carbonyl (C=O) groups excluding carboxylic acids is 1. The predicted molar refractivity (Wildman–Crippen MR) is 118 cm³/mol. The van der Waals surface area contributed by atoms with Crippen molar-refractivity contribution in [3.8, 4) is 17.3 Å². The van der Waals surface area contributed by atoms with Crippen LogP contribution in [0, 0.1) is 13.8 Å². The van der Waals surface area contributed by atoms with Crippen LogP contribution < -0.4 is 9.47 Å². The molecule has 0 N–H and O–H groups in total. The molecule has 1 aromatic carbocycles. The third kappa shape index (κ3) is 4.99. The number of carbonyl (C=O) groups is 1. The minimum Gasteiger partial charge on any atom is -0.486 e. The average molecular weight is 440 g/mol. The van der Waals surface area contributed by atoms with Crippen LogP contribution in [0.15, 0.2) is 47.5 Å². The van der Waals surface area contributed by atoms with Gasteiger partial charge in [-0.3, -0.25) is 4.79 Å². The van der Waals surface area contributed by atoms with Gasteiger partial charge >= 0.3 is 0 Å². The fourth-order valence-corrected chi connectivity index (χ4v) is 4.11. The third-order valence-corrected chi connectivity index (χ3v) is 5.83. The summed E-state index contributed by atoms with van der Waals surface area (Å²) in [6.07, 6.45) is -0.191. The molecule has 0 saturated heterocycles. The van der Waals surface area contributed by atoms with E-state index in [4.69, 9.17) is 9.47 Å². The van der Waals surface area contributed by atoms with Crippen LogP contribution in [0.2, 0.25) is 0 Å². The summed E-state index contributed by atoms with van der Waals surface area (Å²) in [5.41, 5.74) is 1.93. The van der Waals surface area contributed by atoms with Gasteiger partial charge in [0, 0.05) is 12.2 Å². The molecule has 1 aliphatic heterocycles. The molecule has 0 saturated carbocycles. The van der Waals surface area contributed by atoms with Crippen LogP contribution in [0.25, 0.3) is 5.82 Å². The lowest BCUT2D eigenvalue weighted by Crippen LogP contribution is -2.44. The monoisotopic (exact) mass is 439 g/mol. The summed E-state index contributed by atoms with van der Waals surface area (Å²) in [5, 5.41) is 13.6. The number of para-hydroxylation sites is 2. The van der Waals surface area contributed by atoms with Crippen LogP contribution in [0.4, 0.5) is 0 Å². The summed E-state index contributed by atoms with van der Waals surface area (Å²) in [6, 6.07) is 13.3. The van der Waals surface area contributed by atoms with Crippen molar-refractivity contribution in [1.82, 2.24) is 24.9 Å². The van der Waals surface area contributed by atoms with Gasteiger partial charge < -0.3 is 14.4 Å². The number of amides is 1. The molecule has 1 atom stereocenters. The van der Waals surface area contributed by atoms with Crippen LogP contribution >= 0.6 is 11.8 Å². The van der Waals surface area contributed by atoms with Gasteiger partial charge in [-0.1, -0.05) is 23.9 Å². The van der Waals surface area contributed by atoms with E-state index < -0.39 is 0 Å². The van der Waals surface area contributed by atoms with Gasteiger partial charge in [-0.25, -0.2) is 4.68 Å². The van der Waals surface area contributed by atoms with Gasteiger partial charge in [0.2, 0.25) is 5.91 Å². The summed E-state index contributed by atoms with van der Waals surface area (Å²) in [4.78, 5) is 14.5. The van der Waals surface area contributed by atoms with Gasteiger partial charge in [0.25, 0.3) is 0 Å². The molecule has 3 heterocycles. The molecule has 1 unspecified atom stereocenters. The van der Waals surface area contributed by atoms with Crippen molar-refractivity contribution in [2.45, 2.75) is 31.9 Å². The van der Waals surface area contributed by atoms with Crippen LogP contribution in [-0.4, -0.2) is 62.3 Å². The first-order valence-corrected chi connectivity index (χ1v) is 11.2. The highest BCUT2D eigenvalue weighted by Gasteiger charge is 2.24. The van der Waals surface area contributed by atoms with Crippen LogP contribution in [0.1, 0.15) is 18.3 Å². The number of ether oxygens (including phenoxy) is 2. The number of hydrogen-bond donors (Lipinski definition) is 0. The molecule has 3 aromatic rings. The first kappa shape index (κ1) is 21.2. The summed E-state index contributed by atoms with van der Waals surface area (Å²) in [6.45, 7) is 7.38. The molecule has 8 nitrogen and oxygen atoms in total. The standard InChI is InChI=1S/C22H25N5O3S/c1-4-26(12-17-13-29-18-7-5-6-8-19(18)30-17)22(28)14-31-21-10-9-20(23-24-21)27-16(3)11-15(2)25-27/h5-11,17H,4,12-14H2,1-3H3. The lowest BCUT2D eigenvalue weighted by atomic mass is 10.2. The van der Waals surface area contributed by atoms with Crippen molar-refractivity contribution in [1.29, 1.82) is 0 Å². The second-order valence-corrected chi connectivity index (χ2v) is 8.28. The van der Waals surface area contributed by atoms with Crippen LogP contribution in [0.3, 0.4) is 0 Å². The maximum absolute atomic E-state index is 12.7. The number of fused-ring (bicyclic) bond motifs is 1. The molecule has 0 fully saturated rings. The van der Waals surface area contributed by atoms with Gasteiger partial charge in [-0.05, 0) is 51.1 Å². The van der Waals surface area contributed by atoms with E-state index in [9.17, 15) is 4.79 Å². The smallest absolute Gasteiger partial charge is 0.233 e. The van der Waals surface area contributed by atoms with Crippen molar-refractivity contribution < 1.29 is 14.3 Å². The molecular formula is C22H25N5O3S. The largest absolute Gasteiger partial charge is 0.486 e. The topological polar surface area (TPSA) is 82.4 Å². The van der Waals surface area contributed by atoms with Crippen molar-refractivity contribution in [2.24, 2.45) is 0 Å². The molecule has 0 spiro atoms. The van der Waals surface area contributed by atoms with Crippen molar-refractivity contribution in [2.75, 3.05) is 25.4 Å². The molecule has 162 valence electrons. The molecule has 31 heavy (non-hydrogen) atoms. The lowest BCUT2D eigenvalue weighted by molar-refractivity contribution is -0.129. The van der Waals surface area contributed by atoms with Gasteiger partial charge in [0.15, 0.2) is 23.4 Å². The summed E-state index contributed by atoms with van der Waals surface area (Å²) in [5.74, 6) is 2.43.